The Kier molecular flexibility index (Phi) is 1.69. The van der Waals surface area contributed by atoms with Gasteiger partial charge in [0.1, 0.15) is 5.82 Å². The molecule has 2 heteroatoms. The zero-order valence-electron chi connectivity index (χ0n) is 7.83. The molecule has 1 heterocycles. The van der Waals surface area contributed by atoms with Gasteiger partial charge in [0.15, 0.2) is 0 Å². The Balaban J connectivity index is 3.00. The third-order valence-corrected chi connectivity index (χ3v) is 2.38. The summed E-state index contributed by atoms with van der Waals surface area (Å²) in [6, 6.07) is 6.20. The van der Waals surface area contributed by atoms with Crippen LogP contribution in [-0.4, -0.2) is 4.98 Å². The van der Waals surface area contributed by atoms with Gasteiger partial charge in [0, 0.05) is 11.6 Å². The lowest BCUT2D eigenvalue weighted by Crippen LogP contribution is -1.93. The summed E-state index contributed by atoms with van der Waals surface area (Å²) in [5.74, 6) is 0.624. The fourth-order valence-electron chi connectivity index (χ4n) is 1.64. The van der Waals surface area contributed by atoms with Gasteiger partial charge in [0.25, 0.3) is 0 Å². The number of hydrogen-bond acceptors (Lipinski definition) is 2. The summed E-state index contributed by atoms with van der Waals surface area (Å²) in [6.07, 6.45) is 1.75. The Morgan fingerprint density at radius 3 is 2.46 bits per heavy atom. The van der Waals surface area contributed by atoms with E-state index >= 15 is 0 Å². The number of nitrogens with zero attached hydrogens (tertiary/aromatic N) is 1. The molecule has 2 aromatic rings. The van der Waals surface area contributed by atoms with E-state index in [-0.39, 0.29) is 0 Å². The maximum atomic E-state index is 5.81. The van der Waals surface area contributed by atoms with Gasteiger partial charge in [0.05, 0.1) is 0 Å². The summed E-state index contributed by atoms with van der Waals surface area (Å²) in [5, 5.41) is 2.29. The first-order chi connectivity index (χ1) is 6.20. The quantitative estimate of drug-likeness (QED) is 0.662. The Morgan fingerprint density at radius 1 is 1.08 bits per heavy atom. The van der Waals surface area contributed by atoms with Crippen LogP contribution in [0, 0.1) is 13.8 Å². The maximum Gasteiger partial charge on any atom is 0.131 e. The van der Waals surface area contributed by atoms with E-state index in [4.69, 9.17) is 5.73 Å². The van der Waals surface area contributed by atoms with Crippen molar-refractivity contribution in [2.75, 3.05) is 5.73 Å². The molecule has 0 aliphatic rings. The van der Waals surface area contributed by atoms with Crippen LogP contribution in [0.25, 0.3) is 10.8 Å². The summed E-state index contributed by atoms with van der Waals surface area (Å²) in [7, 11) is 0. The Labute approximate surface area is 77.4 Å². The molecule has 1 aromatic carbocycles. The second-order valence-corrected chi connectivity index (χ2v) is 3.32. The van der Waals surface area contributed by atoms with E-state index in [1.54, 1.807) is 6.20 Å². The molecule has 0 amide bonds. The molecule has 0 saturated carbocycles. The van der Waals surface area contributed by atoms with E-state index in [9.17, 15) is 0 Å². The van der Waals surface area contributed by atoms with E-state index in [1.807, 2.05) is 6.07 Å². The number of aryl methyl sites for hydroxylation is 2. The number of nitrogens with two attached hydrogens (primary N) is 1. The molecule has 0 radical (unpaired) electrons. The summed E-state index contributed by atoms with van der Waals surface area (Å²) < 4.78 is 0. The van der Waals surface area contributed by atoms with Crippen LogP contribution in [0.2, 0.25) is 0 Å². The molecule has 0 saturated heterocycles. The van der Waals surface area contributed by atoms with Crippen LogP contribution < -0.4 is 5.73 Å². The minimum atomic E-state index is 0.624. The molecule has 2 nitrogen and oxygen atoms in total. The molecule has 13 heavy (non-hydrogen) atoms. The number of rotatable bonds is 0. The smallest absolute Gasteiger partial charge is 0.131 e. The standard InChI is InChI=1S/C11H12N2/c1-7-3-4-8(2)10-9(7)5-6-13-11(10)12/h3-6H,1-2H3,(H2,12,13). The molecule has 0 spiro atoms. The van der Waals surface area contributed by atoms with Crippen molar-refractivity contribution < 1.29 is 0 Å². The number of pyridine rings is 1. The topological polar surface area (TPSA) is 38.9 Å². The maximum absolute atomic E-state index is 5.81. The number of hydrogen-bond donors (Lipinski definition) is 1. The van der Waals surface area contributed by atoms with Crippen LogP contribution in [0.15, 0.2) is 24.4 Å². The number of nitrogen functional groups attached to an aromatic ring is 1. The van der Waals surface area contributed by atoms with Gasteiger partial charge in [-0.3, -0.25) is 0 Å². The highest BCUT2D eigenvalue weighted by atomic mass is 14.8. The van der Waals surface area contributed by atoms with Crippen LogP contribution in [0.5, 0.6) is 0 Å². The first-order valence-electron chi connectivity index (χ1n) is 4.30. The summed E-state index contributed by atoms with van der Waals surface area (Å²) >= 11 is 0. The molecule has 0 bridgehead atoms. The lowest BCUT2D eigenvalue weighted by atomic mass is 10.0. The summed E-state index contributed by atoms with van der Waals surface area (Å²) in [5.41, 5.74) is 8.25. The monoisotopic (exact) mass is 172 g/mol. The molecule has 0 atom stereocenters. The lowest BCUT2D eigenvalue weighted by molar-refractivity contribution is 1.34. The first-order valence-corrected chi connectivity index (χ1v) is 4.30. The van der Waals surface area contributed by atoms with Gasteiger partial charge >= 0.3 is 0 Å². The first kappa shape index (κ1) is 8.05. The Morgan fingerprint density at radius 2 is 1.77 bits per heavy atom. The molecule has 0 aliphatic carbocycles. The minimum Gasteiger partial charge on any atom is -0.383 e. The number of aromatic nitrogens is 1. The van der Waals surface area contributed by atoms with E-state index in [1.165, 1.54) is 16.5 Å². The van der Waals surface area contributed by atoms with Crippen LogP contribution in [-0.2, 0) is 0 Å². The van der Waals surface area contributed by atoms with Crippen molar-refractivity contribution in [3.63, 3.8) is 0 Å². The van der Waals surface area contributed by atoms with Crippen molar-refractivity contribution in [2.45, 2.75) is 13.8 Å². The largest absolute Gasteiger partial charge is 0.383 e. The molecule has 0 unspecified atom stereocenters. The highest BCUT2D eigenvalue weighted by Crippen LogP contribution is 2.25. The van der Waals surface area contributed by atoms with Crippen molar-refractivity contribution in [3.05, 3.63) is 35.5 Å². The zero-order valence-corrected chi connectivity index (χ0v) is 7.83. The average Bonchev–Trinajstić information content (AvgIpc) is 2.12. The van der Waals surface area contributed by atoms with Crippen molar-refractivity contribution in [1.82, 2.24) is 4.98 Å². The van der Waals surface area contributed by atoms with Crippen molar-refractivity contribution in [3.8, 4) is 0 Å². The molecular formula is C11H12N2. The fourth-order valence-corrected chi connectivity index (χ4v) is 1.64. The molecule has 0 aliphatic heterocycles. The van der Waals surface area contributed by atoms with Crippen LogP contribution in [0.1, 0.15) is 11.1 Å². The van der Waals surface area contributed by atoms with Gasteiger partial charge in [-0.05, 0) is 36.4 Å². The van der Waals surface area contributed by atoms with Crippen molar-refractivity contribution in [2.24, 2.45) is 0 Å². The third kappa shape index (κ3) is 1.15. The fraction of sp³-hybridized carbons (Fsp3) is 0.182. The summed E-state index contributed by atoms with van der Waals surface area (Å²) in [6.45, 7) is 4.14. The van der Waals surface area contributed by atoms with Gasteiger partial charge in [-0.15, -0.1) is 0 Å². The number of fused-ring (bicyclic) bond motifs is 1. The van der Waals surface area contributed by atoms with Crippen LogP contribution in [0.4, 0.5) is 5.82 Å². The van der Waals surface area contributed by atoms with Gasteiger partial charge in [-0.1, -0.05) is 12.1 Å². The number of benzene rings is 1. The number of anilines is 1. The normalized spacial score (nSPS) is 10.6. The van der Waals surface area contributed by atoms with Crippen LogP contribution >= 0.6 is 0 Å². The van der Waals surface area contributed by atoms with Gasteiger partial charge < -0.3 is 5.73 Å². The minimum absolute atomic E-state index is 0.624. The third-order valence-electron chi connectivity index (χ3n) is 2.38. The van der Waals surface area contributed by atoms with Crippen molar-refractivity contribution in [1.29, 1.82) is 0 Å². The molecule has 0 fully saturated rings. The lowest BCUT2D eigenvalue weighted by Gasteiger charge is -2.06. The van der Waals surface area contributed by atoms with Gasteiger partial charge in [0.2, 0.25) is 0 Å². The van der Waals surface area contributed by atoms with Gasteiger partial charge in [-0.25, -0.2) is 4.98 Å². The SMILES string of the molecule is Cc1ccc(C)c2c(N)nccc12. The predicted molar refractivity (Wildman–Crippen MR) is 55.6 cm³/mol. The van der Waals surface area contributed by atoms with Crippen LogP contribution in [0.3, 0.4) is 0 Å². The zero-order chi connectivity index (χ0) is 9.42. The van der Waals surface area contributed by atoms with Gasteiger partial charge in [-0.2, -0.15) is 0 Å². The summed E-state index contributed by atoms with van der Waals surface area (Å²) in [4.78, 5) is 4.09. The molecule has 2 rings (SSSR count). The molecule has 1 aromatic heterocycles. The molecule has 2 N–H and O–H groups in total. The van der Waals surface area contributed by atoms with Crippen molar-refractivity contribution >= 4 is 16.6 Å². The Hall–Kier alpha value is -1.57. The highest BCUT2D eigenvalue weighted by Gasteiger charge is 2.03. The predicted octanol–water partition coefficient (Wildman–Crippen LogP) is 2.43. The second-order valence-electron chi connectivity index (χ2n) is 3.32. The highest BCUT2D eigenvalue weighted by molar-refractivity contribution is 5.95. The van der Waals surface area contributed by atoms with E-state index < -0.39 is 0 Å². The molecule has 66 valence electrons. The Bertz CT molecular complexity index is 453. The van der Waals surface area contributed by atoms with E-state index in [0.29, 0.717) is 5.82 Å². The van der Waals surface area contributed by atoms with E-state index in [2.05, 4.69) is 31.0 Å². The van der Waals surface area contributed by atoms with E-state index in [0.717, 1.165) is 5.39 Å². The molecular weight excluding hydrogens is 160 g/mol. The second kappa shape index (κ2) is 2.73. The average molecular weight is 172 g/mol.